The Kier molecular flexibility index (Phi) is 3.23. The lowest BCUT2D eigenvalue weighted by Crippen LogP contribution is -2.20. The van der Waals surface area contributed by atoms with Gasteiger partial charge in [-0.2, -0.15) is 5.10 Å². The smallest absolute Gasteiger partial charge is 0.362 e. The van der Waals surface area contributed by atoms with Crippen LogP contribution in [-0.2, 0) is 4.74 Å². The van der Waals surface area contributed by atoms with Crippen LogP contribution < -0.4 is 5.43 Å². The fourth-order valence-electron chi connectivity index (χ4n) is 1.43. The van der Waals surface area contributed by atoms with Gasteiger partial charge in [-0.3, -0.25) is 9.89 Å². The fourth-order valence-corrected chi connectivity index (χ4v) is 1.80. The van der Waals surface area contributed by atoms with Crippen molar-refractivity contribution in [3.63, 3.8) is 0 Å². The summed E-state index contributed by atoms with van der Waals surface area (Å²) in [4.78, 5) is 23.5. The normalized spacial score (nSPS) is 10.5. The van der Waals surface area contributed by atoms with Crippen molar-refractivity contribution in [1.82, 2.24) is 10.2 Å². The molecule has 0 saturated carbocycles. The van der Waals surface area contributed by atoms with Crippen molar-refractivity contribution in [2.75, 3.05) is 6.61 Å². The number of nitrogens with zero attached hydrogens (tertiary/aromatic N) is 1. The van der Waals surface area contributed by atoms with E-state index in [1.54, 1.807) is 25.1 Å². The predicted octanol–water partition coefficient (Wildman–Crippen LogP) is 1.86. The molecule has 0 fully saturated rings. The molecule has 17 heavy (non-hydrogen) atoms. The van der Waals surface area contributed by atoms with Crippen LogP contribution in [0.3, 0.4) is 0 Å². The summed E-state index contributed by atoms with van der Waals surface area (Å²) in [5, 5.41) is 6.78. The Morgan fingerprint density at radius 2 is 2.29 bits per heavy atom. The number of nitrogens with one attached hydrogen (secondary N) is 1. The minimum Gasteiger partial charge on any atom is -0.461 e. The van der Waals surface area contributed by atoms with Crippen molar-refractivity contribution in [2.24, 2.45) is 0 Å². The number of carbonyl (C=O) groups excluding carboxylic acids is 1. The Labute approximate surface area is 105 Å². The van der Waals surface area contributed by atoms with Gasteiger partial charge in [-0.15, -0.1) is 0 Å². The van der Waals surface area contributed by atoms with E-state index in [2.05, 4.69) is 26.1 Å². The van der Waals surface area contributed by atoms with Gasteiger partial charge in [-0.05, 0) is 25.1 Å². The lowest BCUT2D eigenvalue weighted by molar-refractivity contribution is 0.0517. The van der Waals surface area contributed by atoms with Crippen LogP contribution in [0.15, 0.2) is 27.5 Å². The number of H-pyrrole nitrogens is 1. The monoisotopic (exact) mass is 296 g/mol. The second-order valence-corrected chi connectivity index (χ2v) is 4.23. The number of ether oxygens (including phenoxy) is 1. The topological polar surface area (TPSA) is 72.0 Å². The molecule has 1 aromatic heterocycles. The number of aromatic nitrogens is 2. The molecule has 6 heteroatoms. The molecule has 0 saturated heterocycles. The molecule has 2 aromatic rings. The maximum atomic E-state index is 12.0. The highest BCUT2D eigenvalue weighted by Gasteiger charge is 2.15. The van der Waals surface area contributed by atoms with Crippen molar-refractivity contribution < 1.29 is 9.53 Å². The second-order valence-electron chi connectivity index (χ2n) is 3.31. The third-order valence-corrected chi connectivity index (χ3v) is 2.69. The SMILES string of the molecule is CCOC(=O)c1n[nH]c2ccc(Br)cc2c1=O. The Hall–Kier alpha value is -1.69. The molecule has 0 spiro atoms. The highest BCUT2D eigenvalue weighted by atomic mass is 79.9. The van der Waals surface area contributed by atoms with Gasteiger partial charge in [-0.1, -0.05) is 15.9 Å². The first kappa shape index (κ1) is 11.8. The lowest BCUT2D eigenvalue weighted by Gasteiger charge is -2.02. The fraction of sp³-hybridized carbons (Fsp3) is 0.182. The lowest BCUT2D eigenvalue weighted by atomic mass is 10.2. The quantitative estimate of drug-likeness (QED) is 0.859. The van der Waals surface area contributed by atoms with Crippen molar-refractivity contribution >= 4 is 32.8 Å². The minimum atomic E-state index is -0.712. The summed E-state index contributed by atoms with van der Waals surface area (Å²) in [6, 6.07) is 5.13. The zero-order chi connectivity index (χ0) is 12.4. The molecule has 0 aliphatic rings. The Balaban J connectivity index is 2.65. The number of hydrogen-bond acceptors (Lipinski definition) is 4. The summed E-state index contributed by atoms with van der Waals surface area (Å²) in [6.45, 7) is 1.88. The third kappa shape index (κ3) is 2.21. The van der Waals surface area contributed by atoms with Gasteiger partial charge in [0.05, 0.1) is 17.5 Å². The Morgan fingerprint density at radius 3 is 3.00 bits per heavy atom. The molecule has 0 atom stereocenters. The number of benzene rings is 1. The van der Waals surface area contributed by atoms with Crippen molar-refractivity contribution in [3.8, 4) is 0 Å². The summed E-state index contributed by atoms with van der Waals surface area (Å²) in [5.74, 6) is -0.712. The molecule has 1 aromatic carbocycles. The highest BCUT2D eigenvalue weighted by molar-refractivity contribution is 9.10. The third-order valence-electron chi connectivity index (χ3n) is 2.20. The molecule has 0 amide bonds. The first-order chi connectivity index (χ1) is 8.13. The summed E-state index contributed by atoms with van der Waals surface area (Å²) in [5.41, 5.74) is -0.0813. The van der Waals surface area contributed by atoms with E-state index in [9.17, 15) is 9.59 Å². The van der Waals surface area contributed by atoms with Gasteiger partial charge in [0.15, 0.2) is 0 Å². The molecular formula is C11H9BrN2O3. The molecule has 0 aliphatic carbocycles. The van der Waals surface area contributed by atoms with E-state index < -0.39 is 11.4 Å². The molecule has 0 unspecified atom stereocenters. The molecule has 0 bridgehead atoms. The van der Waals surface area contributed by atoms with Gasteiger partial charge in [0.25, 0.3) is 0 Å². The standard InChI is InChI=1S/C11H9BrN2O3/c1-2-17-11(16)9-10(15)7-5-6(12)3-4-8(7)13-14-9/h3-5H,2H2,1H3,(H,13,15). The van der Waals surface area contributed by atoms with Gasteiger partial charge in [0, 0.05) is 4.47 Å². The zero-order valence-corrected chi connectivity index (χ0v) is 10.6. The van der Waals surface area contributed by atoms with E-state index in [1.807, 2.05) is 0 Å². The predicted molar refractivity (Wildman–Crippen MR) is 66.0 cm³/mol. The maximum absolute atomic E-state index is 12.0. The van der Waals surface area contributed by atoms with Crippen LogP contribution in [0.2, 0.25) is 0 Å². The Bertz CT molecular complexity index is 636. The zero-order valence-electron chi connectivity index (χ0n) is 8.99. The summed E-state index contributed by atoms with van der Waals surface area (Å²) < 4.78 is 5.52. The average Bonchev–Trinajstić information content (AvgIpc) is 2.30. The maximum Gasteiger partial charge on any atom is 0.362 e. The highest BCUT2D eigenvalue weighted by Crippen LogP contribution is 2.15. The summed E-state index contributed by atoms with van der Waals surface area (Å²) in [7, 11) is 0. The van der Waals surface area contributed by atoms with E-state index in [4.69, 9.17) is 4.74 Å². The molecule has 5 nitrogen and oxygen atoms in total. The van der Waals surface area contributed by atoms with E-state index in [0.717, 1.165) is 4.47 Å². The van der Waals surface area contributed by atoms with Gasteiger partial charge in [0.1, 0.15) is 0 Å². The minimum absolute atomic E-state index is 0.205. The van der Waals surface area contributed by atoms with Gasteiger partial charge >= 0.3 is 5.97 Å². The summed E-state index contributed by atoms with van der Waals surface area (Å²) in [6.07, 6.45) is 0. The van der Waals surface area contributed by atoms with Crippen LogP contribution in [0.5, 0.6) is 0 Å². The number of halogens is 1. The van der Waals surface area contributed by atoms with Gasteiger partial charge in [0.2, 0.25) is 11.1 Å². The van der Waals surface area contributed by atoms with Crippen LogP contribution in [0, 0.1) is 0 Å². The van der Waals surface area contributed by atoms with E-state index >= 15 is 0 Å². The van der Waals surface area contributed by atoms with Gasteiger partial charge in [-0.25, -0.2) is 4.79 Å². The molecule has 1 heterocycles. The summed E-state index contributed by atoms with van der Waals surface area (Å²) >= 11 is 3.27. The molecule has 0 aliphatic heterocycles. The van der Waals surface area contributed by atoms with Crippen LogP contribution >= 0.6 is 15.9 Å². The molecule has 2 rings (SSSR count). The molecule has 1 N–H and O–H groups in total. The second kappa shape index (κ2) is 4.67. The van der Waals surface area contributed by atoms with Gasteiger partial charge < -0.3 is 4.74 Å². The van der Waals surface area contributed by atoms with Crippen LogP contribution in [0.25, 0.3) is 10.9 Å². The van der Waals surface area contributed by atoms with Crippen LogP contribution in [-0.4, -0.2) is 22.8 Å². The van der Waals surface area contributed by atoms with Crippen LogP contribution in [0.4, 0.5) is 0 Å². The number of esters is 1. The van der Waals surface area contributed by atoms with E-state index in [0.29, 0.717) is 10.9 Å². The molecule has 88 valence electrons. The number of rotatable bonds is 2. The van der Waals surface area contributed by atoms with Crippen molar-refractivity contribution in [3.05, 3.63) is 38.6 Å². The first-order valence-corrected chi connectivity index (χ1v) is 5.78. The van der Waals surface area contributed by atoms with Crippen LogP contribution in [0.1, 0.15) is 17.4 Å². The van der Waals surface area contributed by atoms with E-state index in [-0.39, 0.29) is 12.3 Å². The first-order valence-electron chi connectivity index (χ1n) is 4.98. The number of hydrogen-bond donors (Lipinski definition) is 1. The number of fused-ring (bicyclic) bond motifs is 1. The van der Waals surface area contributed by atoms with E-state index in [1.165, 1.54) is 0 Å². The molecular weight excluding hydrogens is 288 g/mol. The van der Waals surface area contributed by atoms with Crippen molar-refractivity contribution in [2.45, 2.75) is 6.92 Å². The average molecular weight is 297 g/mol. The molecule has 0 radical (unpaired) electrons. The largest absolute Gasteiger partial charge is 0.461 e. The number of aromatic amines is 1. The van der Waals surface area contributed by atoms with Crippen molar-refractivity contribution in [1.29, 1.82) is 0 Å². The Morgan fingerprint density at radius 1 is 1.53 bits per heavy atom. The number of carbonyl (C=O) groups is 1.